The summed E-state index contributed by atoms with van der Waals surface area (Å²) >= 11 is 6.14. The Kier molecular flexibility index (Phi) is 4.22. The quantitative estimate of drug-likeness (QED) is 0.816. The van der Waals surface area contributed by atoms with E-state index in [1.54, 1.807) is 13.2 Å². The second-order valence-electron chi connectivity index (χ2n) is 4.70. The Morgan fingerprint density at radius 2 is 1.86 bits per heavy atom. The van der Waals surface area contributed by atoms with Crippen LogP contribution in [0.2, 0.25) is 5.15 Å². The number of rotatable bonds is 3. The van der Waals surface area contributed by atoms with Crippen LogP contribution in [0, 0.1) is 0 Å². The van der Waals surface area contributed by atoms with Crippen molar-refractivity contribution in [2.45, 2.75) is 0 Å². The largest absolute Gasteiger partial charge is 0.497 e. The van der Waals surface area contributed by atoms with Gasteiger partial charge < -0.3 is 14.4 Å². The molecule has 1 aliphatic rings. The first-order chi connectivity index (χ1) is 10.3. The maximum absolute atomic E-state index is 6.14. The zero-order valence-electron chi connectivity index (χ0n) is 11.8. The van der Waals surface area contributed by atoms with Crippen molar-refractivity contribution in [3.63, 3.8) is 0 Å². The number of morpholine rings is 1. The highest BCUT2D eigenvalue weighted by Crippen LogP contribution is 2.25. The fourth-order valence-electron chi connectivity index (χ4n) is 2.22. The number of anilines is 1. The highest BCUT2D eigenvalue weighted by Gasteiger charge is 2.15. The van der Waals surface area contributed by atoms with E-state index in [-0.39, 0.29) is 0 Å². The van der Waals surface area contributed by atoms with Crippen molar-refractivity contribution in [2.75, 3.05) is 38.3 Å². The van der Waals surface area contributed by atoms with Crippen LogP contribution in [0.3, 0.4) is 0 Å². The maximum Gasteiger partial charge on any atom is 0.227 e. The van der Waals surface area contributed by atoms with Crippen LogP contribution in [0.25, 0.3) is 11.3 Å². The SMILES string of the molecule is COc1ccc(-c2cc(Cl)nc(N3CCOCC3)n2)cc1. The third-order valence-corrected chi connectivity index (χ3v) is 3.56. The van der Waals surface area contributed by atoms with Gasteiger partial charge in [-0.15, -0.1) is 0 Å². The van der Waals surface area contributed by atoms with Crippen LogP contribution >= 0.6 is 11.6 Å². The molecule has 1 saturated heterocycles. The number of ether oxygens (including phenoxy) is 2. The Morgan fingerprint density at radius 1 is 1.14 bits per heavy atom. The summed E-state index contributed by atoms with van der Waals surface area (Å²) < 4.78 is 10.5. The molecule has 0 unspecified atom stereocenters. The molecule has 2 heterocycles. The normalized spacial score (nSPS) is 15.0. The van der Waals surface area contributed by atoms with Gasteiger partial charge in [0.15, 0.2) is 0 Å². The van der Waals surface area contributed by atoms with Crippen LogP contribution in [-0.4, -0.2) is 43.4 Å². The van der Waals surface area contributed by atoms with Gasteiger partial charge in [-0.05, 0) is 24.3 Å². The number of hydrogen-bond donors (Lipinski definition) is 0. The van der Waals surface area contributed by atoms with Crippen LogP contribution in [-0.2, 0) is 4.74 Å². The van der Waals surface area contributed by atoms with Gasteiger partial charge in [0.25, 0.3) is 0 Å². The molecule has 5 nitrogen and oxygen atoms in total. The van der Waals surface area contributed by atoms with Crippen molar-refractivity contribution in [1.29, 1.82) is 0 Å². The molecular weight excluding hydrogens is 290 g/mol. The summed E-state index contributed by atoms with van der Waals surface area (Å²) in [6.45, 7) is 2.94. The Balaban J connectivity index is 1.92. The third-order valence-electron chi connectivity index (χ3n) is 3.36. The molecule has 1 aromatic heterocycles. The van der Waals surface area contributed by atoms with Gasteiger partial charge in [-0.1, -0.05) is 11.6 Å². The summed E-state index contributed by atoms with van der Waals surface area (Å²) in [4.78, 5) is 11.0. The minimum atomic E-state index is 0.442. The van der Waals surface area contributed by atoms with E-state index in [1.165, 1.54) is 0 Å². The lowest BCUT2D eigenvalue weighted by Crippen LogP contribution is -2.37. The lowest BCUT2D eigenvalue weighted by atomic mass is 10.1. The van der Waals surface area contributed by atoms with Gasteiger partial charge >= 0.3 is 0 Å². The van der Waals surface area contributed by atoms with Crippen LogP contribution in [0.15, 0.2) is 30.3 Å². The molecule has 2 aromatic rings. The predicted octanol–water partition coefficient (Wildman–Crippen LogP) is 2.64. The number of halogens is 1. The standard InChI is InChI=1S/C15H16ClN3O2/c1-20-12-4-2-11(3-5-12)13-10-14(16)18-15(17-13)19-6-8-21-9-7-19/h2-5,10H,6-9H2,1H3. The Hall–Kier alpha value is -1.85. The van der Waals surface area contributed by atoms with Crippen LogP contribution in [0.4, 0.5) is 5.95 Å². The number of nitrogens with zero attached hydrogens (tertiary/aromatic N) is 3. The molecule has 0 bridgehead atoms. The van der Waals surface area contributed by atoms with Gasteiger partial charge in [-0.25, -0.2) is 9.97 Å². The van der Waals surface area contributed by atoms with Crippen LogP contribution < -0.4 is 9.64 Å². The van der Waals surface area contributed by atoms with Crippen molar-refractivity contribution < 1.29 is 9.47 Å². The van der Waals surface area contributed by atoms with Crippen LogP contribution in [0.5, 0.6) is 5.75 Å². The molecule has 0 N–H and O–H groups in total. The predicted molar refractivity (Wildman–Crippen MR) is 82.1 cm³/mol. The van der Waals surface area contributed by atoms with Crippen molar-refractivity contribution >= 4 is 17.5 Å². The smallest absolute Gasteiger partial charge is 0.227 e. The molecule has 1 aliphatic heterocycles. The molecule has 0 amide bonds. The molecule has 0 spiro atoms. The van der Waals surface area contributed by atoms with E-state index in [0.717, 1.165) is 30.1 Å². The van der Waals surface area contributed by atoms with E-state index in [4.69, 9.17) is 21.1 Å². The van der Waals surface area contributed by atoms with Crippen molar-refractivity contribution in [2.24, 2.45) is 0 Å². The number of aromatic nitrogens is 2. The zero-order chi connectivity index (χ0) is 14.7. The Bertz CT molecular complexity index is 613. The summed E-state index contributed by atoms with van der Waals surface area (Å²) in [5.74, 6) is 1.46. The molecule has 0 radical (unpaired) electrons. The molecule has 0 atom stereocenters. The van der Waals surface area contributed by atoms with Gasteiger partial charge in [0.05, 0.1) is 26.0 Å². The van der Waals surface area contributed by atoms with E-state index < -0.39 is 0 Å². The summed E-state index contributed by atoms with van der Waals surface area (Å²) in [5, 5.41) is 0.442. The van der Waals surface area contributed by atoms with E-state index in [2.05, 4.69) is 14.9 Å². The van der Waals surface area contributed by atoms with Gasteiger partial charge in [0, 0.05) is 24.7 Å². The minimum Gasteiger partial charge on any atom is -0.497 e. The highest BCUT2D eigenvalue weighted by molar-refractivity contribution is 6.29. The Labute approximate surface area is 128 Å². The monoisotopic (exact) mass is 305 g/mol. The highest BCUT2D eigenvalue weighted by atomic mass is 35.5. The maximum atomic E-state index is 6.14. The summed E-state index contributed by atoms with van der Waals surface area (Å²) in [5.41, 5.74) is 1.79. The van der Waals surface area contributed by atoms with E-state index in [9.17, 15) is 0 Å². The fraction of sp³-hybridized carbons (Fsp3) is 0.333. The molecule has 0 saturated carbocycles. The van der Waals surface area contributed by atoms with E-state index in [1.807, 2.05) is 24.3 Å². The molecular formula is C15H16ClN3O2. The average Bonchev–Trinajstić information content (AvgIpc) is 2.55. The lowest BCUT2D eigenvalue weighted by Gasteiger charge is -2.27. The molecule has 6 heteroatoms. The molecule has 3 rings (SSSR count). The number of methoxy groups -OCH3 is 1. The van der Waals surface area contributed by atoms with E-state index in [0.29, 0.717) is 24.3 Å². The molecule has 0 aliphatic carbocycles. The van der Waals surface area contributed by atoms with Crippen molar-refractivity contribution in [3.05, 3.63) is 35.5 Å². The number of benzene rings is 1. The van der Waals surface area contributed by atoms with Crippen LogP contribution in [0.1, 0.15) is 0 Å². The third kappa shape index (κ3) is 3.25. The summed E-state index contributed by atoms with van der Waals surface area (Å²) in [6, 6.07) is 9.49. The average molecular weight is 306 g/mol. The minimum absolute atomic E-state index is 0.442. The van der Waals surface area contributed by atoms with Crippen molar-refractivity contribution in [3.8, 4) is 17.0 Å². The van der Waals surface area contributed by atoms with Gasteiger partial charge in [-0.2, -0.15) is 0 Å². The lowest BCUT2D eigenvalue weighted by molar-refractivity contribution is 0.122. The second kappa shape index (κ2) is 6.28. The summed E-state index contributed by atoms with van der Waals surface area (Å²) in [7, 11) is 1.65. The summed E-state index contributed by atoms with van der Waals surface area (Å²) in [6.07, 6.45) is 0. The molecule has 110 valence electrons. The molecule has 21 heavy (non-hydrogen) atoms. The molecule has 1 fully saturated rings. The van der Waals surface area contributed by atoms with E-state index >= 15 is 0 Å². The fourth-order valence-corrected chi connectivity index (χ4v) is 2.40. The second-order valence-corrected chi connectivity index (χ2v) is 5.09. The number of hydrogen-bond acceptors (Lipinski definition) is 5. The Morgan fingerprint density at radius 3 is 2.52 bits per heavy atom. The first-order valence-corrected chi connectivity index (χ1v) is 7.16. The first-order valence-electron chi connectivity index (χ1n) is 6.78. The van der Waals surface area contributed by atoms with Crippen molar-refractivity contribution in [1.82, 2.24) is 9.97 Å². The van der Waals surface area contributed by atoms with Gasteiger partial charge in [0.2, 0.25) is 5.95 Å². The zero-order valence-corrected chi connectivity index (χ0v) is 12.5. The topological polar surface area (TPSA) is 47.5 Å². The molecule has 1 aromatic carbocycles. The first kappa shape index (κ1) is 14.1. The van der Waals surface area contributed by atoms with Gasteiger partial charge in [0.1, 0.15) is 10.9 Å². The van der Waals surface area contributed by atoms with Gasteiger partial charge in [-0.3, -0.25) is 0 Å².